The highest BCUT2D eigenvalue weighted by atomic mass is 79.9. The topological polar surface area (TPSA) is 19.4 Å². The number of pyridine rings is 1. The fraction of sp³-hybridized carbons (Fsp3) is 0.615. The van der Waals surface area contributed by atoms with Crippen LogP contribution in [0.3, 0.4) is 0 Å². The number of piperidine rings is 1. The van der Waals surface area contributed by atoms with Gasteiger partial charge in [-0.15, -0.1) is 0 Å². The first-order chi connectivity index (χ1) is 8.15. The van der Waals surface area contributed by atoms with Crippen LogP contribution in [0.4, 0.5) is 0 Å². The molecular weight excluding hydrogens is 278 g/mol. The minimum Gasteiger partial charge on any atom is -0.305 e. The molecule has 2 rings (SSSR count). The van der Waals surface area contributed by atoms with E-state index in [-0.39, 0.29) is 0 Å². The molecule has 1 aromatic rings. The van der Waals surface area contributed by atoms with Crippen molar-refractivity contribution in [1.82, 2.24) is 14.8 Å². The number of halogens is 1. The van der Waals surface area contributed by atoms with E-state index in [1.165, 1.54) is 19.4 Å². The summed E-state index contributed by atoms with van der Waals surface area (Å²) in [6.07, 6.45) is 4.49. The fourth-order valence-electron chi connectivity index (χ4n) is 2.33. The van der Waals surface area contributed by atoms with E-state index >= 15 is 0 Å². The number of hydrogen-bond acceptors (Lipinski definition) is 3. The van der Waals surface area contributed by atoms with Crippen LogP contribution in [0.25, 0.3) is 0 Å². The SMILES string of the molecule is CN(C)C1CCCN(Cc2ccc(Br)cn2)C1. The standard InChI is InChI=1S/C13H20BrN3/c1-16(2)13-4-3-7-17(10-13)9-12-6-5-11(14)8-15-12/h5-6,8,13H,3-4,7,9-10H2,1-2H3. The Balaban J connectivity index is 1.92. The Hall–Kier alpha value is -0.450. The molecule has 4 heteroatoms. The smallest absolute Gasteiger partial charge is 0.0544 e. The van der Waals surface area contributed by atoms with E-state index in [1.807, 2.05) is 6.20 Å². The second kappa shape index (κ2) is 5.94. The molecule has 3 nitrogen and oxygen atoms in total. The molecule has 17 heavy (non-hydrogen) atoms. The van der Waals surface area contributed by atoms with Gasteiger partial charge in [-0.05, 0) is 61.5 Å². The van der Waals surface area contributed by atoms with Crippen molar-refractivity contribution in [3.8, 4) is 0 Å². The third kappa shape index (κ3) is 3.76. The van der Waals surface area contributed by atoms with Crippen LogP contribution in [0.5, 0.6) is 0 Å². The molecule has 0 bridgehead atoms. The zero-order chi connectivity index (χ0) is 12.3. The molecule has 0 N–H and O–H groups in total. The molecule has 1 aliphatic rings. The second-order valence-corrected chi connectivity index (χ2v) is 5.88. The quantitative estimate of drug-likeness (QED) is 0.854. The summed E-state index contributed by atoms with van der Waals surface area (Å²) in [4.78, 5) is 9.28. The Morgan fingerprint density at radius 1 is 1.47 bits per heavy atom. The Morgan fingerprint density at radius 2 is 2.29 bits per heavy atom. The van der Waals surface area contributed by atoms with Crippen LogP contribution in [-0.2, 0) is 6.54 Å². The summed E-state index contributed by atoms with van der Waals surface area (Å²) in [5, 5.41) is 0. The average molecular weight is 298 g/mol. The van der Waals surface area contributed by atoms with E-state index in [2.05, 4.69) is 56.9 Å². The fourth-order valence-corrected chi connectivity index (χ4v) is 2.56. The van der Waals surface area contributed by atoms with Gasteiger partial charge in [-0.25, -0.2) is 0 Å². The van der Waals surface area contributed by atoms with Crippen molar-refractivity contribution >= 4 is 15.9 Å². The van der Waals surface area contributed by atoms with Gasteiger partial charge in [0.05, 0.1) is 5.69 Å². The summed E-state index contributed by atoms with van der Waals surface area (Å²) in [6, 6.07) is 4.86. The van der Waals surface area contributed by atoms with Crippen molar-refractivity contribution in [2.75, 3.05) is 27.2 Å². The Labute approximate surface area is 112 Å². The van der Waals surface area contributed by atoms with Crippen molar-refractivity contribution in [3.05, 3.63) is 28.5 Å². The molecule has 1 saturated heterocycles. The lowest BCUT2D eigenvalue weighted by Gasteiger charge is -2.35. The summed E-state index contributed by atoms with van der Waals surface area (Å²) < 4.78 is 1.05. The Kier molecular flexibility index (Phi) is 4.54. The molecule has 1 unspecified atom stereocenters. The predicted octanol–water partition coefficient (Wildman–Crippen LogP) is 2.37. The van der Waals surface area contributed by atoms with Crippen LogP contribution in [-0.4, -0.2) is 48.0 Å². The molecule has 0 spiro atoms. The van der Waals surface area contributed by atoms with Gasteiger partial charge in [0, 0.05) is 29.8 Å². The highest BCUT2D eigenvalue weighted by Crippen LogP contribution is 2.16. The normalized spacial score (nSPS) is 22.0. The van der Waals surface area contributed by atoms with Crippen LogP contribution in [0.1, 0.15) is 18.5 Å². The summed E-state index contributed by atoms with van der Waals surface area (Å²) in [7, 11) is 4.35. The Bertz CT molecular complexity index is 350. The monoisotopic (exact) mass is 297 g/mol. The van der Waals surface area contributed by atoms with Crippen LogP contribution >= 0.6 is 15.9 Å². The zero-order valence-corrected chi connectivity index (χ0v) is 12.2. The number of nitrogens with zero attached hydrogens (tertiary/aromatic N) is 3. The molecule has 1 aromatic heterocycles. The molecule has 0 aromatic carbocycles. The number of likely N-dealkylation sites (N-methyl/N-ethyl adjacent to an activating group) is 1. The van der Waals surface area contributed by atoms with E-state index in [9.17, 15) is 0 Å². The first-order valence-electron chi connectivity index (χ1n) is 6.14. The highest BCUT2D eigenvalue weighted by Gasteiger charge is 2.21. The molecule has 1 fully saturated rings. The van der Waals surface area contributed by atoms with Gasteiger partial charge in [-0.1, -0.05) is 0 Å². The zero-order valence-electron chi connectivity index (χ0n) is 10.6. The van der Waals surface area contributed by atoms with Gasteiger partial charge in [0.25, 0.3) is 0 Å². The molecular formula is C13H20BrN3. The van der Waals surface area contributed by atoms with Crippen LogP contribution in [0, 0.1) is 0 Å². The van der Waals surface area contributed by atoms with Crippen molar-refractivity contribution in [2.45, 2.75) is 25.4 Å². The van der Waals surface area contributed by atoms with Gasteiger partial charge in [0.2, 0.25) is 0 Å². The average Bonchev–Trinajstić information content (AvgIpc) is 2.32. The number of hydrogen-bond donors (Lipinski definition) is 0. The molecule has 0 saturated carbocycles. The van der Waals surface area contributed by atoms with Crippen molar-refractivity contribution in [2.24, 2.45) is 0 Å². The van der Waals surface area contributed by atoms with Gasteiger partial charge in [-0.2, -0.15) is 0 Å². The summed E-state index contributed by atoms with van der Waals surface area (Å²) >= 11 is 3.42. The predicted molar refractivity (Wildman–Crippen MR) is 73.9 cm³/mol. The maximum atomic E-state index is 4.44. The number of aromatic nitrogens is 1. The molecule has 0 amide bonds. The lowest BCUT2D eigenvalue weighted by molar-refractivity contribution is 0.127. The number of rotatable bonds is 3. The molecule has 0 aliphatic carbocycles. The van der Waals surface area contributed by atoms with Crippen molar-refractivity contribution in [1.29, 1.82) is 0 Å². The molecule has 2 heterocycles. The van der Waals surface area contributed by atoms with Crippen LogP contribution in [0.15, 0.2) is 22.8 Å². The molecule has 0 radical (unpaired) electrons. The van der Waals surface area contributed by atoms with Crippen LogP contribution in [0.2, 0.25) is 0 Å². The van der Waals surface area contributed by atoms with E-state index in [4.69, 9.17) is 0 Å². The second-order valence-electron chi connectivity index (χ2n) is 4.96. The molecule has 94 valence electrons. The summed E-state index contributed by atoms with van der Waals surface area (Å²) in [5.41, 5.74) is 1.16. The molecule has 1 atom stereocenters. The lowest BCUT2D eigenvalue weighted by atomic mass is 10.0. The summed E-state index contributed by atoms with van der Waals surface area (Å²) in [5.74, 6) is 0. The summed E-state index contributed by atoms with van der Waals surface area (Å²) in [6.45, 7) is 3.32. The van der Waals surface area contributed by atoms with Gasteiger partial charge in [0.15, 0.2) is 0 Å². The minimum absolute atomic E-state index is 0.694. The first kappa shape index (κ1) is 13.0. The molecule has 1 aliphatic heterocycles. The third-order valence-corrected chi connectivity index (χ3v) is 3.85. The highest BCUT2D eigenvalue weighted by molar-refractivity contribution is 9.10. The maximum Gasteiger partial charge on any atom is 0.0544 e. The van der Waals surface area contributed by atoms with E-state index < -0.39 is 0 Å². The largest absolute Gasteiger partial charge is 0.305 e. The number of likely N-dealkylation sites (tertiary alicyclic amines) is 1. The lowest BCUT2D eigenvalue weighted by Crippen LogP contribution is -2.44. The minimum atomic E-state index is 0.694. The first-order valence-corrected chi connectivity index (χ1v) is 6.93. The van der Waals surface area contributed by atoms with Crippen molar-refractivity contribution in [3.63, 3.8) is 0 Å². The van der Waals surface area contributed by atoms with E-state index in [1.54, 1.807) is 0 Å². The van der Waals surface area contributed by atoms with Gasteiger partial charge < -0.3 is 4.90 Å². The van der Waals surface area contributed by atoms with E-state index in [0.29, 0.717) is 6.04 Å². The van der Waals surface area contributed by atoms with Gasteiger partial charge in [0.1, 0.15) is 0 Å². The third-order valence-electron chi connectivity index (χ3n) is 3.39. The van der Waals surface area contributed by atoms with Crippen LogP contribution < -0.4 is 0 Å². The van der Waals surface area contributed by atoms with Crippen molar-refractivity contribution < 1.29 is 0 Å². The Morgan fingerprint density at radius 3 is 2.94 bits per heavy atom. The van der Waals surface area contributed by atoms with Gasteiger partial charge >= 0.3 is 0 Å². The maximum absolute atomic E-state index is 4.44. The van der Waals surface area contributed by atoms with Gasteiger partial charge in [-0.3, -0.25) is 9.88 Å². The van der Waals surface area contributed by atoms with E-state index in [0.717, 1.165) is 23.3 Å².